The van der Waals surface area contributed by atoms with Gasteiger partial charge in [0.2, 0.25) is 0 Å². The van der Waals surface area contributed by atoms with Crippen LogP contribution >= 0.6 is 0 Å². The zero-order chi connectivity index (χ0) is 20.5. The number of guanidine groups is 1. The van der Waals surface area contributed by atoms with E-state index in [1.807, 2.05) is 49.5 Å². The molecule has 29 heavy (non-hydrogen) atoms. The van der Waals surface area contributed by atoms with Crippen LogP contribution < -0.4 is 10.6 Å². The van der Waals surface area contributed by atoms with Gasteiger partial charge in [-0.3, -0.25) is 9.79 Å². The number of aliphatic imine (C=N–C) groups is 1. The van der Waals surface area contributed by atoms with Gasteiger partial charge in [-0.1, -0.05) is 42.5 Å². The van der Waals surface area contributed by atoms with Crippen LogP contribution in [0.25, 0.3) is 0 Å². The van der Waals surface area contributed by atoms with Crippen LogP contribution in [0.3, 0.4) is 0 Å². The summed E-state index contributed by atoms with van der Waals surface area (Å²) in [6, 6.07) is 18.0. The molecule has 6 heteroatoms. The summed E-state index contributed by atoms with van der Waals surface area (Å²) in [6.07, 6.45) is 2.23. The molecule has 1 atom stereocenters. The number of hydrogen-bond donors (Lipinski definition) is 2. The molecule has 0 aromatic heterocycles. The van der Waals surface area contributed by atoms with E-state index in [9.17, 15) is 4.79 Å². The molecule has 6 nitrogen and oxygen atoms in total. The van der Waals surface area contributed by atoms with Crippen LogP contribution in [0.4, 0.5) is 0 Å². The van der Waals surface area contributed by atoms with Crippen LogP contribution in [0, 0.1) is 0 Å². The third-order valence-electron chi connectivity index (χ3n) is 4.99. The number of carbonyl (C=O) groups is 1. The Labute approximate surface area is 173 Å². The lowest BCUT2D eigenvalue weighted by Gasteiger charge is -2.22. The van der Waals surface area contributed by atoms with E-state index in [1.165, 1.54) is 5.56 Å². The summed E-state index contributed by atoms with van der Waals surface area (Å²) in [7, 11) is 3.79. The minimum absolute atomic E-state index is 0.0621. The molecule has 1 saturated heterocycles. The Bertz CT molecular complexity index is 817. The second-order valence-electron chi connectivity index (χ2n) is 7.29. The molecule has 0 radical (unpaired) electrons. The first-order chi connectivity index (χ1) is 14.2. The number of rotatable bonds is 7. The summed E-state index contributed by atoms with van der Waals surface area (Å²) in [5.74, 6) is 0.745. The Balaban J connectivity index is 1.52. The number of ether oxygens (including phenoxy) is 1. The van der Waals surface area contributed by atoms with Crippen molar-refractivity contribution in [3.63, 3.8) is 0 Å². The predicted octanol–water partition coefficient (Wildman–Crippen LogP) is 2.80. The molecule has 0 spiro atoms. The molecule has 1 amide bonds. The van der Waals surface area contributed by atoms with Crippen molar-refractivity contribution in [3.8, 4) is 0 Å². The van der Waals surface area contributed by atoms with E-state index >= 15 is 0 Å². The fourth-order valence-electron chi connectivity index (χ4n) is 3.43. The molecular formula is C23H30N4O2. The Hall–Kier alpha value is -2.86. The monoisotopic (exact) mass is 394 g/mol. The average molecular weight is 395 g/mol. The van der Waals surface area contributed by atoms with Crippen molar-refractivity contribution in [2.24, 2.45) is 4.99 Å². The number of nitrogens with one attached hydrogen (secondary N) is 2. The lowest BCUT2D eigenvalue weighted by molar-refractivity contribution is 0.0857. The quantitative estimate of drug-likeness (QED) is 0.560. The maximum atomic E-state index is 12.4. The van der Waals surface area contributed by atoms with Crippen LogP contribution in [-0.4, -0.2) is 50.1 Å². The average Bonchev–Trinajstić information content (AvgIpc) is 3.27. The smallest absolute Gasteiger partial charge is 0.251 e. The number of carbonyl (C=O) groups excluding carboxylic acids is 1. The SMILES string of the molecule is CN=C(NCc1cccc(C(=O)NCC2CCCO2)c1)N(C)Cc1ccccc1. The van der Waals surface area contributed by atoms with Crippen molar-refractivity contribution < 1.29 is 9.53 Å². The molecule has 3 rings (SSSR count). The third kappa shape index (κ3) is 6.32. The number of benzene rings is 2. The van der Waals surface area contributed by atoms with E-state index < -0.39 is 0 Å². The van der Waals surface area contributed by atoms with Gasteiger partial charge in [0, 0.05) is 45.9 Å². The number of amides is 1. The molecule has 2 aromatic carbocycles. The maximum Gasteiger partial charge on any atom is 0.251 e. The van der Waals surface area contributed by atoms with Gasteiger partial charge in [0.1, 0.15) is 0 Å². The first-order valence-corrected chi connectivity index (χ1v) is 10.1. The summed E-state index contributed by atoms with van der Waals surface area (Å²) in [5, 5.41) is 6.35. The van der Waals surface area contributed by atoms with Crippen LogP contribution in [0.1, 0.15) is 34.3 Å². The standard InChI is InChI=1S/C23H30N4O2/c1-24-23(27(2)17-18-8-4-3-5-9-18)26-15-19-10-6-11-20(14-19)22(28)25-16-21-12-7-13-29-21/h3-6,8-11,14,21H,7,12-13,15-17H2,1-2H3,(H,24,26)(H,25,28). The lowest BCUT2D eigenvalue weighted by Crippen LogP contribution is -2.38. The highest BCUT2D eigenvalue weighted by molar-refractivity contribution is 5.94. The molecule has 1 aliphatic rings. The molecule has 1 heterocycles. The second-order valence-corrected chi connectivity index (χ2v) is 7.29. The predicted molar refractivity (Wildman–Crippen MR) is 116 cm³/mol. The Morgan fingerprint density at radius 1 is 1.14 bits per heavy atom. The molecule has 0 aliphatic carbocycles. The first-order valence-electron chi connectivity index (χ1n) is 10.1. The fourth-order valence-corrected chi connectivity index (χ4v) is 3.43. The summed E-state index contributed by atoms with van der Waals surface area (Å²) < 4.78 is 5.56. The molecule has 2 N–H and O–H groups in total. The number of nitrogens with zero attached hydrogens (tertiary/aromatic N) is 2. The van der Waals surface area contributed by atoms with E-state index in [0.29, 0.717) is 18.7 Å². The van der Waals surface area contributed by atoms with Gasteiger partial charge in [-0.05, 0) is 36.1 Å². The van der Waals surface area contributed by atoms with Crippen LogP contribution in [-0.2, 0) is 17.8 Å². The van der Waals surface area contributed by atoms with Gasteiger partial charge >= 0.3 is 0 Å². The van der Waals surface area contributed by atoms with Crippen LogP contribution in [0.2, 0.25) is 0 Å². The van der Waals surface area contributed by atoms with Gasteiger partial charge in [0.15, 0.2) is 5.96 Å². The van der Waals surface area contributed by atoms with Crippen molar-refractivity contribution in [2.45, 2.75) is 32.0 Å². The number of hydrogen-bond acceptors (Lipinski definition) is 3. The molecule has 0 bridgehead atoms. The summed E-state index contributed by atoms with van der Waals surface area (Å²) in [6.45, 7) is 2.73. The zero-order valence-corrected chi connectivity index (χ0v) is 17.2. The Morgan fingerprint density at radius 2 is 1.93 bits per heavy atom. The van der Waals surface area contributed by atoms with Crippen LogP contribution in [0.15, 0.2) is 59.6 Å². The van der Waals surface area contributed by atoms with Crippen molar-refractivity contribution >= 4 is 11.9 Å². The summed E-state index contributed by atoms with van der Waals surface area (Å²) in [5.41, 5.74) is 2.92. The van der Waals surface area contributed by atoms with E-state index in [0.717, 1.165) is 37.5 Å². The van der Waals surface area contributed by atoms with Crippen LogP contribution in [0.5, 0.6) is 0 Å². The zero-order valence-electron chi connectivity index (χ0n) is 17.2. The fraction of sp³-hybridized carbons (Fsp3) is 0.391. The Kier molecular flexibility index (Phi) is 7.64. The molecule has 2 aromatic rings. The molecule has 154 valence electrons. The minimum atomic E-state index is -0.0621. The van der Waals surface area contributed by atoms with Crippen molar-refractivity contribution in [2.75, 3.05) is 27.2 Å². The lowest BCUT2D eigenvalue weighted by atomic mass is 10.1. The molecule has 1 unspecified atom stereocenters. The van der Waals surface area contributed by atoms with Crippen molar-refractivity contribution in [1.82, 2.24) is 15.5 Å². The van der Waals surface area contributed by atoms with E-state index in [1.54, 1.807) is 7.05 Å². The normalized spacial score (nSPS) is 16.5. The summed E-state index contributed by atoms with van der Waals surface area (Å²) >= 11 is 0. The van der Waals surface area contributed by atoms with Crippen molar-refractivity contribution in [3.05, 3.63) is 71.3 Å². The third-order valence-corrected chi connectivity index (χ3v) is 4.99. The molecule has 0 saturated carbocycles. The largest absolute Gasteiger partial charge is 0.376 e. The topological polar surface area (TPSA) is 66.0 Å². The van der Waals surface area contributed by atoms with E-state index in [2.05, 4.69) is 32.7 Å². The minimum Gasteiger partial charge on any atom is -0.376 e. The van der Waals surface area contributed by atoms with Gasteiger partial charge in [-0.2, -0.15) is 0 Å². The Morgan fingerprint density at radius 3 is 2.66 bits per heavy atom. The van der Waals surface area contributed by atoms with Gasteiger partial charge in [-0.15, -0.1) is 0 Å². The summed E-state index contributed by atoms with van der Waals surface area (Å²) in [4.78, 5) is 18.9. The molecule has 1 fully saturated rings. The maximum absolute atomic E-state index is 12.4. The highest BCUT2D eigenvalue weighted by Crippen LogP contribution is 2.11. The van der Waals surface area contributed by atoms with Gasteiger partial charge in [0.25, 0.3) is 5.91 Å². The second kappa shape index (κ2) is 10.6. The first kappa shape index (κ1) is 20.9. The van der Waals surface area contributed by atoms with Gasteiger partial charge in [0.05, 0.1) is 6.10 Å². The molecule has 1 aliphatic heterocycles. The molecular weight excluding hydrogens is 364 g/mol. The van der Waals surface area contributed by atoms with E-state index in [4.69, 9.17) is 4.74 Å². The van der Waals surface area contributed by atoms with Gasteiger partial charge < -0.3 is 20.3 Å². The van der Waals surface area contributed by atoms with Crippen molar-refractivity contribution in [1.29, 1.82) is 0 Å². The highest BCUT2D eigenvalue weighted by atomic mass is 16.5. The van der Waals surface area contributed by atoms with E-state index in [-0.39, 0.29) is 12.0 Å². The van der Waals surface area contributed by atoms with Gasteiger partial charge in [-0.25, -0.2) is 0 Å². The highest BCUT2D eigenvalue weighted by Gasteiger charge is 2.16.